The highest BCUT2D eigenvalue weighted by Crippen LogP contribution is 2.54. The molecule has 0 radical (unpaired) electrons. The summed E-state index contributed by atoms with van der Waals surface area (Å²) in [7, 11) is 0. The van der Waals surface area contributed by atoms with E-state index in [9.17, 15) is 23.1 Å². The van der Waals surface area contributed by atoms with Crippen LogP contribution in [-0.2, 0) is 21.7 Å². The van der Waals surface area contributed by atoms with Crippen LogP contribution in [0.4, 0.5) is 13.2 Å². The monoisotopic (exact) mass is 543 g/mol. The van der Waals surface area contributed by atoms with Crippen molar-refractivity contribution < 1.29 is 41.8 Å². The van der Waals surface area contributed by atoms with Crippen molar-refractivity contribution in [3.05, 3.63) is 71.0 Å². The Hall–Kier alpha value is -3.37. The second kappa shape index (κ2) is 9.67. The fourth-order valence-electron chi connectivity index (χ4n) is 5.84. The van der Waals surface area contributed by atoms with E-state index >= 15 is 0 Å². The maximum atomic E-state index is 13.0. The number of para-hydroxylation sites is 1. The lowest BCUT2D eigenvalue weighted by Crippen LogP contribution is -2.51. The molecule has 4 aliphatic rings. The first-order valence-corrected chi connectivity index (χ1v) is 13.1. The van der Waals surface area contributed by atoms with Crippen molar-refractivity contribution in [1.82, 2.24) is 5.16 Å². The second-order valence-electron chi connectivity index (χ2n) is 10.9. The predicted octanol–water partition coefficient (Wildman–Crippen LogP) is 6.82. The number of alkyl halides is 3. The Morgan fingerprint density at radius 1 is 1.08 bits per heavy atom. The lowest BCUT2D eigenvalue weighted by molar-refractivity contribution is -0.274. The molecule has 2 aliphatic heterocycles. The van der Waals surface area contributed by atoms with E-state index in [-0.39, 0.29) is 34.8 Å². The molecule has 206 valence electrons. The molecule has 3 heterocycles. The minimum Gasteiger partial charge on any atom is -0.478 e. The zero-order chi connectivity index (χ0) is 27.3. The fraction of sp³-hybridized carbons (Fsp3) is 0.448. The van der Waals surface area contributed by atoms with Gasteiger partial charge in [0.2, 0.25) is 0 Å². The molecule has 1 aromatic heterocycles. The molecule has 7 nitrogen and oxygen atoms in total. The fourth-order valence-corrected chi connectivity index (χ4v) is 5.84. The van der Waals surface area contributed by atoms with Crippen molar-refractivity contribution >= 4 is 5.97 Å². The number of benzene rings is 2. The van der Waals surface area contributed by atoms with Crippen LogP contribution in [0, 0.1) is 5.41 Å². The molecule has 1 N–H and O–H groups in total. The zero-order valence-corrected chi connectivity index (χ0v) is 21.1. The zero-order valence-electron chi connectivity index (χ0n) is 21.1. The number of rotatable bonds is 9. The van der Waals surface area contributed by atoms with Gasteiger partial charge in [0.05, 0.1) is 31.0 Å². The summed E-state index contributed by atoms with van der Waals surface area (Å²) in [6, 6.07) is 12.9. The number of ether oxygens (including phenoxy) is 3. The molecule has 0 unspecified atom stereocenters. The van der Waals surface area contributed by atoms with Crippen molar-refractivity contribution in [2.45, 2.75) is 63.0 Å². The van der Waals surface area contributed by atoms with Gasteiger partial charge in [-0.25, -0.2) is 4.79 Å². The number of hydrogen-bond acceptors (Lipinski definition) is 6. The summed E-state index contributed by atoms with van der Waals surface area (Å²) in [5, 5.41) is 13.5. The Kier molecular flexibility index (Phi) is 6.42. The molecule has 7 rings (SSSR count). The highest BCUT2D eigenvalue weighted by Gasteiger charge is 2.51. The van der Waals surface area contributed by atoms with Gasteiger partial charge in [-0.05, 0) is 68.4 Å². The number of carboxylic acids is 1. The number of aromatic nitrogens is 1. The molecular weight excluding hydrogens is 515 g/mol. The van der Waals surface area contributed by atoms with E-state index in [4.69, 9.17) is 14.0 Å². The van der Waals surface area contributed by atoms with Crippen molar-refractivity contribution in [2.24, 2.45) is 5.41 Å². The van der Waals surface area contributed by atoms with Gasteiger partial charge in [-0.2, -0.15) is 0 Å². The topological polar surface area (TPSA) is 91.0 Å². The van der Waals surface area contributed by atoms with Gasteiger partial charge < -0.3 is 23.8 Å². The normalized spacial score (nSPS) is 24.6. The lowest BCUT2D eigenvalue weighted by Gasteiger charge is -2.53. The van der Waals surface area contributed by atoms with E-state index in [1.807, 2.05) is 6.07 Å². The molecule has 3 aromatic rings. The van der Waals surface area contributed by atoms with Crippen LogP contribution in [0.15, 0.2) is 53.1 Å². The smallest absolute Gasteiger partial charge is 0.478 e. The first-order chi connectivity index (χ1) is 18.7. The van der Waals surface area contributed by atoms with E-state index in [2.05, 4.69) is 9.89 Å². The van der Waals surface area contributed by atoms with Crippen LogP contribution in [-0.4, -0.2) is 35.8 Å². The molecule has 2 saturated heterocycles. The third-order valence-electron chi connectivity index (χ3n) is 8.20. The molecular formula is C29H28F3NO6. The Bertz CT molecular complexity index is 1350. The highest BCUT2D eigenvalue weighted by atomic mass is 19.4. The molecule has 4 fully saturated rings. The van der Waals surface area contributed by atoms with Crippen LogP contribution in [0.1, 0.15) is 71.7 Å². The van der Waals surface area contributed by atoms with Gasteiger partial charge in [-0.1, -0.05) is 29.4 Å². The number of carbonyl (C=O) groups is 1. The largest absolute Gasteiger partial charge is 0.573 e. The van der Waals surface area contributed by atoms with Crippen molar-refractivity contribution in [2.75, 3.05) is 13.2 Å². The average molecular weight is 544 g/mol. The number of halogens is 3. The number of carboxylic acid groups (broad SMARTS) is 1. The van der Waals surface area contributed by atoms with Gasteiger partial charge in [-0.3, -0.25) is 0 Å². The number of aromatic carboxylic acids is 1. The van der Waals surface area contributed by atoms with Crippen molar-refractivity contribution in [3.63, 3.8) is 0 Å². The molecule has 2 saturated carbocycles. The average Bonchev–Trinajstić information content (AvgIpc) is 3.69. The van der Waals surface area contributed by atoms with Gasteiger partial charge in [0.15, 0.2) is 0 Å². The van der Waals surface area contributed by atoms with E-state index in [0.29, 0.717) is 30.2 Å². The van der Waals surface area contributed by atoms with Gasteiger partial charge in [0.1, 0.15) is 17.2 Å². The first kappa shape index (κ1) is 25.9. The Labute approximate surface area is 222 Å². The van der Waals surface area contributed by atoms with Crippen molar-refractivity contribution in [3.8, 4) is 17.0 Å². The van der Waals surface area contributed by atoms with Crippen LogP contribution in [0.2, 0.25) is 0 Å². The molecule has 2 bridgehead atoms. The standard InChI is InChI=1S/C29H28F3NO6/c30-29(31,32)38-23-7-2-1-6-21(23)24-22(25(39-33-24)18-8-9-18)15-36-16-27-10-12-28(13-11-27,37-17-27)20-5-3-4-19(14-20)26(34)35/h1-7,14,18H,8-13,15-17H2,(H,34,35). The summed E-state index contributed by atoms with van der Waals surface area (Å²) in [5.41, 5.74) is 1.62. The number of nitrogens with zero attached hydrogens (tertiary/aromatic N) is 1. The van der Waals surface area contributed by atoms with Crippen LogP contribution < -0.4 is 4.74 Å². The SMILES string of the molecule is O=C(O)c1cccc(C23CCC(COCc4c(-c5ccccc5OC(F)(F)F)noc4C4CC4)(CC2)CO3)c1. The third-order valence-corrected chi connectivity index (χ3v) is 8.20. The van der Waals surface area contributed by atoms with Crippen LogP contribution in [0.3, 0.4) is 0 Å². The summed E-state index contributed by atoms with van der Waals surface area (Å²) in [4.78, 5) is 11.4. The maximum Gasteiger partial charge on any atom is 0.573 e. The molecule has 0 amide bonds. The quantitative estimate of drug-likeness (QED) is 0.317. The Morgan fingerprint density at radius 3 is 2.51 bits per heavy atom. The second-order valence-corrected chi connectivity index (χ2v) is 10.9. The Balaban J connectivity index is 1.17. The molecule has 39 heavy (non-hydrogen) atoms. The van der Waals surface area contributed by atoms with Crippen molar-refractivity contribution in [1.29, 1.82) is 0 Å². The van der Waals surface area contributed by atoms with E-state index < -0.39 is 17.9 Å². The van der Waals surface area contributed by atoms with Gasteiger partial charge >= 0.3 is 12.3 Å². The van der Waals surface area contributed by atoms with Crippen LogP contribution >= 0.6 is 0 Å². The van der Waals surface area contributed by atoms with Gasteiger partial charge in [0, 0.05) is 22.5 Å². The maximum absolute atomic E-state index is 13.0. The summed E-state index contributed by atoms with van der Waals surface area (Å²) >= 11 is 0. The van der Waals surface area contributed by atoms with E-state index in [0.717, 1.165) is 44.1 Å². The first-order valence-electron chi connectivity index (χ1n) is 13.1. The predicted molar refractivity (Wildman–Crippen MR) is 132 cm³/mol. The minimum atomic E-state index is -4.83. The summed E-state index contributed by atoms with van der Waals surface area (Å²) in [6.07, 6.45) is 0.273. The molecule has 2 aromatic carbocycles. The van der Waals surface area contributed by atoms with E-state index in [1.54, 1.807) is 24.3 Å². The molecule has 0 spiro atoms. The van der Waals surface area contributed by atoms with Gasteiger partial charge in [0.25, 0.3) is 0 Å². The van der Waals surface area contributed by atoms with E-state index in [1.165, 1.54) is 18.2 Å². The molecule has 2 aliphatic carbocycles. The van der Waals surface area contributed by atoms with Crippen LogP contribution in [0.5, 0.6) is 5.75 Å². The summed E-state index contributed by atoms with van der Waals surface area (Å²) in [6.45, 7) is 1.06. The number of fused-ring (bicyclic) bond motifs is 3. The highest BCUT2D eigenvalue weighted by molar-refractivity contribution is 5.87. The Morgan fingerprint density at radius 2 is 1.85 bits per heavy atom. The summed E-state index contributed by atoms with van der Waals surface area (Å²) < 4.78 is 61.6. The van der Waals surface area contributed by atoms with Crippen LogP contribution in [0.25, 0.3) is 11.3 Å². The minimum absolute atomic E-state index is 0.151. The molecule has 10 heteroatoms. The molecule has 0 atom stereocenters. The van der Waals surface area contributed by atoms with Gasteiger partial charge in [-0.15, -0.1) is 13.2 Å². The number of hydrogen-bond donors (Lipinski definition) is 1. The lowest BCUT2D eigenvalue weighted by atomic mass is 9.64. The third kappa shape index (κ3) is 5.15. The summed E-state index contributed by atoms with van der Waals surface area (Å²) in [5.74, 6) is -0.454.